The van der Waals surface area contributed by atoms with Crippen molar-refractivity contribution in [1.29, 1.82) is 0 Å². The van der Waals surface area contributed by atoms with Crippen LogP contribution in [0.1, 0.15) is 17.2 Å². The molecule has 4 nitrogen and oxygen atoms in total. The summed E-state index contributed by atoms with van der Waals surface area (Å²) < 4.78 is 10.5. The summed E-state index contributed by atoms with van der Waals surface area (Å²) >= 11 is 6.42. The van der Waals surface area contributed by atoms with Crippen LogP contribution in [-0.4, -0.2) is 38.6 Å². The van der Waals surface area contributed by atoms with Gasteiger partial charge in [-0.3, -0.25) is 0 Å². The third-order valence-corrected chi connectivity index (χ3v) is 4.84. The standard InChI is InChI=1S/C19H22ClNO3/c1-23-15-8-6-14(7-9-15)18(16-4-2-3-5-17(16)20)21-10-19(11-22)12-24-13-19/h2-9,18,21-22H,10-13H2,1H3. The molecular formula is C19H22ClNO3. The first-order valence-electron chi connectivity index (χ1n) is 7.98. The second kappa shape index (κ2) is 7.53. The zero-order chi connectivity index (χ0) is 17.0. The molecule has 5 heteroatoms. The lowest BCUT2D eigenvalue weighted by atomic mass is 9.86. The molecule has 0 bridgehead atoms. The molecule has 1 atom stereocenters. The number of rotatable bonds is 7. The van der Waals surface area contributed by atoms with Gasteiger partial charge in [0.1, 0.15) is 5.75 Å². The van der Waals surface area contributed by atoms with Crippen molar-refractivity contribution in [1.82, 2.24) is 5.32 Å². The fourth-order valence-corrected chi connectivity index (χ4v) is 3.12. The number of hydrogen-bond acceptors (Lipinski definition) is 4. The highest BCUT2D eigenvalue weighted by Crippen LogP contribution is 2.32. The Labute approximate surface area is 147 Å². The van der Waals surface area contributed by atoms with Crippen molar-refractivity contribution in [3.05, 3.63) is 64.7 Å². The zero-order valence-electron chi connectivity index (χ0n) is 13.7. The molecule has 1 saturated heterocycles. The maximum Gasteiger partial charge on any atom is 0.118 e. The van der Waals surface area contributed by atoms with E-state index in [9.17, 15) is 5.11 Å². The molecule has 1 aliphatic rings. The average molecular weight is 348 g/mol. The largest absolute Gasteiger partial charge is 0.497 e. The molecule has 1 unspecified atom stereocenters. The molecule has 3 rings (SSSR count). The molecule has 1 fully saturated rings. The molecule has 0 radical (unpaired) electrons. The summed E-state index contributed by atoms with van der Waals surface area (Å²) in [7, 11) is 1.65. The molecular weight excluding hydrogens is 326 g/mol. The summed E-state index contributed by atoms with van der Waals surface area (Å²) in [5.74, 6) is 0.816. The van der Waals surface area contributed by atoms with Crippen LogP contribution in [0, 0.1) is 5.41 Å². The molecule has 2 aromatic rings. The molecule has 24 heavy (non-hydrogen) atoms. The molecule has 0 amide bonds. The maximum absolute atomic E-state index is 9.65. The first-order valence-corrected chi connectivity index (χ1v) is 8.36. The van der Waals surface area contributed by atoms with Crippen molar-refractivity contribution < 1.29 is 14.6 Å². The molecule has 0 saturated carbocycles. The van der Waals surface area contributed by atoms with Crippen molar-refractivity contribution in [2.45, 2.75) is 6.04 Å². The summed E-state index contributed by atoms with van der Waals surface area (Å²) in [6, 6.07) is 15.7. The number of methoxy groups -OCH3 is 1. The Hall–Kier alpha value is -1.59. The average Bonchev–Trinajstić information content (AvgIpc) is 2.59. The van der Waals surface area contributed by atoms with Crippen LogP contribution >= 0.6 is 11.6 Å². The molecule has 2 aromatic carbocycles. The first kappa shape index (κ1) is 17.2. The molecule has 0 aliphatic carbocycles. The lowest BCUT2D eigenvalue weighted by Crippen LogP contribution is -2.52. The smallest absolute Gasteiger partial charge is 0.118 e. The first-order chi connectivity index (χ1) is 11.7. The SMILES string of the molecule is COc1ccc(C(NCC2(CO)COC2)c2ccccc2Cl)cc1. The number of aliphatic hydroxyl groups excluding tert-OH is 1. The van der Waals surface area contributed by atoms with E-state index in [1.54, 1.807) is 7.11 Å². The number of ether oxygens (including phenoxy) is 2. The van der Waals surface area contributed by atoms with E-state index < -0.39 is 0 Å². The van der Waals surface area contributed by atoms with Gasteiger partial charge in [-0.25, -0.2) is 0 Å². The zero-order valence-corrected chi connectivity index (χ0v) is 14.4. The molecule has 0 aromatic heterocycles. The fraction of sp³-hybridized carbons (Fsp3) is 0.368. The van der Waals surface area contributed by atoms with Crippen LogP contribution in [0.2, 0.25) is 5.02 Å². The molecule has 2 N–H and O–H groups in total. The van der Waals surface area contributed by atoms with Gasteiger partial charge in [-0.1, -0.05) is 41.9 Å². The van der Waals surface area contributed by atoms with Crippen molar-refractivity contribution in [2.75, 3.05) is 33.5 Å². The Morgan fingerprint density at radius 3 is 2.46 bits per heavy atom. The van der Waals surface area contributed by atoms with Crippen molar-refractivity contribution >= 4 is 11.6 Å². The van der Waals surface area contributed by atoms with Gasteiger partial charge in [-0.05, 0) is 29.3 Å². The quantitative estimate of drug-likeness (QED) is 0.808. The minimum Gasteiger partial charge on any atom is -0.497 e. The number of halogens is 1. The van der Waals surface area contributed by atoms with Crippen LogP contribution in [0.15, 0.2) is 48.5 Å². The van der Waals surface area contributed by atoms with Gasteiger partial charge in [0.05, 0.1) is 38.4 Å². The maximum atomic E-state index is 9.65. The van der Waals surface area contributed by atoms with Gasteiger partial charge < -0.3 is 19.9 Å². The third kappa shape index (κ3) is 3.57. The van der Waals surface area contributed by atoms with Crippen molar-refractivity contribution in [3.8, 4) is 5.75 Å². The number of nitrogens with one attached hydrogen (secondary N) is 1. The summed E-state index contributed by atoms with van der Waals surface area (Å²) in [6.07, 6.45) is 0. The number of hydrogen-bond donors (Lipinski definition) is 2. The van der Waals surface area contributed by atoms with Crippen LogP contribution in [0.3, 0.4) is 0 Å². The summed E-state index contributed by atoms with van der Waals surface area (Å²) in [5.41, 5.74) is 1.90. The van der Waals surface area contributed by atoms with Crippen molar-refractivity contribution in [3.63, 3.8) is 0 Å². The van der Waals surface area contributed by atoms with E-state index in [2.05, 4.69) is 5.32 Å². The van der Waals surface area contributed by atoms with E-state index in [0.717, 1.165) is 16.9 Å². The third-order valence-electron chi connectivity index (χ3n) is 4.50. The highest BCUT2D eigenvalue weighted by atomic mass is 35.5. The molecule has 128 valence electrons. The lowest BCUT2D eigenvalue weighted by Gasteiger charge is -2.41. The minimum atomic E-state index is -0.202. The molecule has 1 aliphatic heterocycles. The summed E-state index contributed by atoms with van der Waals surface area (Å²) in [6.45, 7) is 1.92. The minimum absolute atomic E-state index is 0.0615. The van der Waals surface area contributed by atoms with Gasteiger partial charge in [0.25, 0.3) is 0 Å². The predicted octanol–water partition coefficient (Wildman–Crippen LogP) is 3.04. The number of aliphatic hydroxyl groups is 1. The molecule has 1 heterocycles. The van der Waals surface area contributed by atoms with Crippen LogP contribution in [0.5, 0.6) is 5.75 Å². The van der Waals surface area contributed by atoms with Crippen LogP contribution in [0.25, 0.3) is 0 Å². The van der Waals surface area contributed by atoms with Crippen LogP contribution < -0.4 is 10.1 Å². The lowest BCUT2D eigenvalue weighted by molar-refractivity contribution is -0.134. The van der Waals surface area contributed by atoms with Crippen LogP contribution in [-0.2, 0) is 4.74 Å². The Morgan fingerprint density at radius 1 is 1.21 bits per heavy atom. The van der Waals surface area contributed by atoms with Gasteiger partial charge >= 0.3 is 0 Å². The van der Waals surface area contributed by atoms with Gasteiger partial charge in [0.15, 0.2) is 0 Å². The van der Waals surface area contributed by atoms with E-state index >= 15 is 0 Å². The number of benzene rings is 2. The van der Waals surface area contributed by atoms with E-state index in [4.69, 9.17) is 21.1 Å². The Morgan fingerprint density at radius 2 is 1.92 bits per heavy atom. The van der Waals surface area contributed by atoms with Crippen molar-refractivity contribution in [2.24, 2.45) is 5.41 Å². The topological polar surface area (TPSA) is 50.7 Å². The summed E-state index contributed by atoms with van der Waals surface area (Å²) in [5, 5.41) is 13.9. The van der Waals surface area contributed by atoms with E-state index in [0.29, 0.717) is 24.8 Å². The highest BCUT2D eigenvalue weighted by Gasteiger charge is 2.38. The second-order valence-corrected chi connectivity index (χ2v) is 6.67. The van der Waals surface area contributed by atoms with E-state index in [-0.39, 0.29) is 18.1 Å². The molecule has 0 spiro atoms. The van der Waals surface area contributed by atoms with E-state index in [1.165, 1.54) is 0 Å². The highest BCUT2D eigenvalue weighted by molar-refractivity contribution is 6.31. The summed E-state index contributed by atoms with van der Waals surface area (Å²) in [4.78, 5) is 0. The predicted molar refractivity (Wildman–Crippen MR) is 94.6 cm³/mol. The normalized spacial score (nSPS) is 17.1. The fourth-order valence-electron chi connectivity index (χ4n) is 2.87. The van der Waals surface area contributed by atoms with E-state index in [1.807, 2.05) is 48.5 Å². The van der Waals surface area contributed by atoms with Gasteiger partial charge in [0.2, 0.25) is 0 Å². The Balaban J connectivity index is 1.87. The Bertz CT molecular complexity index is 665. The van der Waals surface area contributed by atoms with Crippen LogP contribution in [0.4, 0.5) is 0 Å². The Kier molecular flexibility index (Phi) is 5.41. The van der Waals surface area contributed by atoms with Gasteiger partial charge in [-0.15, -0.1) is 0 Å². The van der Waals surface area contributed by atoms with Gasteiger partial charge in [0, 0.05) is 11.6 Å². The van der Waals surface area contributed by atoms with Gasteiger partial charge in [-0.2, -0.15) is 0 Å². The second-order valence-electron chi connectivity index (χ2n) is 6.26. The monoisotopic (exact) mass is 347 g/mol.